The molecule has 2 aliphatic heterocycles. The van der Waals surface area contributed by atoms with Gasteiger partial charge in [0.2, 0.25) is 0 Å². The van der Waals surface area contributed by atoms with Gasteiger partial charge in [-0.25, -0.2) is 0 Å². The maximum Gasteiger partial charge on any atom is 0.153 e. The summed E-state index contributed by atoms with van der Waals surface area (Å²) in [5.74, 6) is 1.68. The molecule has 0 unspecified atom stereocenters. The van der Waals surface area contributed by atoms with E-state index >= 15 is 0 Å². The fraction of sp³-hybridized carbons (Fsp3) is 0.889. The van der Waals surface area contributed by atoms with Gasteiger partial charge >= 0.3 is 0 Å². The van der Waals surface area contributed by atoms with Crippen LogP contribution in [0.2, 0.25) is 0 Å². The third-order valence-corrected chi connectivity index (χ3v) is 3.15. The molecule has 0 radical (unpaired) electrons. The van der Waals surface area contributed by atoms with E-state index in [0.717, 1.165) is 32.2 Å². The average Bonchev–Trinajstić information content (AvgIpc) is 2.64. The van der Waals surface area contributed by atoms with Crippen molar-refractivity contribution in [3.8, 4) is 0 Å². The maximum atomic E-state index is 8.46. The summed E-state index contributed by atoms with van der Waals surface area (Å²) >= 11 is 0. The number of hydrogen-bond donors (Lipinski definition) is 2. The Hall–Kier alpha value is -0.810. The molecule has 0 aromatic rings. The molecule has 0 saturated carbocycles. The Morgan fingerprint density at radius 3 is 3.07 bits per heavy atom. The highest BCUT2D eigenvalue weighted by Crippen LogP contribution is 2.28. The molecular weight excluding hydrogens is 182 g/mol. The van der Waals surface area contributed by atoms with Gasteiger partial charge in [-0.05, 0) is 18.9 Å². The summed E-state index contributed by atoms with van der Waals surface area (Å²) in [6, 6.07) is 0. The second-order valence-corrected chi connectivity index (χ2v) is 4.17. The Morgan fingerprint density at radius 2 is 2.29 bits per heavy atom. The molecule has 0 bridgehead atoms. The van der Waals surface area contributed by atoms with Crippen molar-refractivity contribution in [2.45, 2.75) is 6.42 Å². The molecule has 2 rings (SSSR count). The summed E-state index contributed by atoms with van der Waals surface area (Å²) in [5, 5.41) is 11.5. The van der Waals surface area contributed by atoms with Gasteiger partial charge in [-0.3, -0.25) is 4.90 Å². The first-order valence-electron chi connectivity index (χ1n) is 5.06. The quantitative estimate of drug-likeness (QED) is 0.277. The van der Waals surface area contributed by atoms with Gasteiger partial charge in [0.15, 0.2) is 5.84 Å². The highest BCUT2D eigenvalue weighted by Gasteiger charge is 2.33. The van der Waals surface area contributed by atoms with Crippen molar-refractivity contribution in [3.63, 3.8) is 0 Å². The Morgan fingerprint density at radius 1 is 1.50 bits per heavy atom. The summed E-state index contributed by atoms with van der Waals surface area (Å²) in [6.45, 7) is 4.40. The smallest absolute Gasteiger partial charge is 0.153 e. The average molecular weight is 199 g/mol. The van der Waals surface area contributed by atoms with Crippen molar-refractivity contribution in [3.05, 3.63) is 0 Å². The van der Waals surface area contributed by atoms with Gasteiger partial charge in [-0.1, -0.05) is 5.16 Å². The molecule has 2 aliphatic rings. The normalized spacial score (nSPS) is 34.4. The van der Waals surface area contributed by atoms with E-state index in [2.05, 4.69) is 10.1 Å². The second-order valence-electron chi connectivity index (χ2n) is 4.17. The maximum absolute atomic E-state index is 8.46. The number of nitrogens with zero attached hydrogens (tertiary/aromatic N) is 2. The molecular formula is C9H17N3O2. The predicted molar refractivity (Wildman–Crippen MR) is 52.3 cm³/mol. The van der Waals surface area contributed by atoms with Crippen LogP contribution in [-0.2, 0) is 4.74 Å². The lowest BCUT2D eigenvalue weighted by Gasteiger charge is -2.33. The largest absolute Gasteiger partial charge is 0.409 e. The molecule has 5 nitrogen and oxygen atoms in total. The lowest BCUT2D eigenvalue weighted by Crippen LogP contribution is -2.43. The van der Waals surface area contributed by atoms with Crippen LogP contribution in [0.15, 0.2) is 5.16 Å². The van der Waals surface area contributed by atoms with Crippen LogP contribution in [0.5, 0.6) is 0 Å². The van der Waals surface area contributed by atoms with Crippen LogP contribution in [0.3, 0.4) is 0 Å². The first-order valence-corrected chi connectivity index (χ1v) is 5.06. The van der Waals surface area contributed by atoms with Crippen LogP contribution < -0.4 is 5.73 Å². The van der Waals surface area contributed by atoms with Gasteiger partial charge in [-0.15, -0.1) is 0 Å². The number of fused-ring (bicyclic) bond motifs is 1. The summed E-state index contributed by atoms with van der Waals surface area (Å²) in [4.78, 5) is 2.23. The minimum absolute atomic E-state index is 0.294. The summed E-state index contributed by atoms with van der Waals surface area (Å²) in [7, 11) is 0. The van der Waals surface area contributed by atoms with Gasteiger partial charge in [0.05, 0.1) is 13.2 Å². The minimum Gasteiger partial charge on any atom is -0.409 e. The topological polar surface area (TPSA) is 71.1 Å². The molecule has 2 saturated heterocycles. The number of oxime groups is 1. The number of rotatable bonds is 2. The number of amidine groups is 1. The van der Waals surface area contributed by atoms with E-state index < -0.39 is 0 Å². The molecule has 80 valence electrons. The number of piperidine rings is 1. The highest BCUT2D eigenvalue weighted by molar-refractivity contribution is 5.81. The van der Waals surface area contributed by atoms with Crippen LogP contribution in [0.1, 0.15) is 6.42 Å². The Bertz CT molecular complexity index is 232. The van der Waals surface area contributed by atoms with Gasteiger partial charge in [0.25, 0.3) is 0 Å². The van der Waals surface area contributed by atoms with Gasteiger partial charge in [0.1, 0.15) is 0 Å². The van der Waals surface area contributed by atoms with Crippen molar-refractivity contribution in [2.75, 3.05) is 32.8 Å². The van der Waals surface area contributed by atoms with E-state index in [-0.39, 0.29) is 0 Å². The number of likely N-dealkylation sites (tertiary alicyclic amines) is 1. The van der Waals surface area contributed by atoms with E-state index in [1.165, 1.54) is 6.42 Å². The lowest BCUT2D eigenvalue weighted by atomic mass is 9.89. The summed E-state index contributed by atoms with van der Waals surface area (Å²) < 4.78 is 5.43. The van der Waals surface area contributed by atoms with E-state index in [9.17, 15) is 0 Å². The summed E-state index contributed by atoms with van der Waals surface area (Å²) in [5.41, 5.74) is 5.47. The van der Waals surface area contributed by atoms with Crippen LogP contribution in [0.4, 0.5) is 0 Å². The summed E-state index contributed by atoms with van der Waals surface area (Å²) in [6.07, 6.45) is 1.17. The van der Waals surface area contributed by atoms with Gasteiger partial charge < -0.3 is 15.7 Å². The van der Waals surface area contributed by atoms with Crippen molar-refractivity contribution in [2.24, 2.45) is 22.7 Å². The first kappa shape index (κ1) is 9.73. The molecule has 0 aliphatic carbocycles. The molecule has 0 aromatic heterocycles. The van der Waals surface area contributed by atoms with Crippen LogP contribution >= 0.6 is 0 Å². The highest BCUT2D eigenvalue weighted by atomic mass is 16.5. The van der Waals surface area contributed by atoms with Crippen LogP contribution in [0, 0.1) is 11.8 Å². The van der Waals surface area contributed by atoms with E-state index in [1.807, 2.05) is 0 Å². The fourth-order valence-electron chi connectivity index (χ4n) is 2.34. The molecule has 14 heavy (non-hydrogen) atoms. The second kappa shape index (κ2) is 4.14. The Balaban J connectivity index is 1.85. The molecule has 5 heteroatoms. The molecule has 2 atom stereocenters. The molecule has 2 fully saturated rings. The minimum atomic E-state index is 0.294. The van der Waals surface area contributed by atoms with Crippen LogP contribution in [0.25, 0.3) is 0 Å². The third kappa shape index (κ3) is 1.99. The number of hydrogen-bond acceptors (Lipinski definition) is 4. The Kier molecular flexibility index (Phi) is 2.88. The molecule has 2 heterocycles. The first-order chi connectivity index (χ1) is 6.79. The van der Waals surface area contributed by atoms with Crippen molar-refractivity contribution in [1.29, 1.82) is 0 Å². The van der Waals surface area contributed by atoms with Crippen LogP contribution in [-0.4, -0.2) is 48.8 Å². The zero-order chi connectivity index (χ0) is 9.97. The van der Waals surface area contributed by atoms with E-state index in [0.29, 0.717) is 18.3 Å². The van der Waals surface area contributed by atoms with Gasteiger partial charge in [-0.2, -0.15) is 0 Å². The Labute approximate surface area is 83.5 Å². The fourth-order valence-corrected chi connectivity index (χ4v) is 2.34. The third-order valence-electron chi connectivity index (χ3n) is 3.15. The molecule has 0 aromatic carbocycles. The zero-order valence-corrected chi connectivity index (χ0v) is 8.22. The number of ether oxygens (including phenoxy) is 1. The van der Waals surface area contributed by atoms with E-state index in [1.54, 1.807) is 0 Å². The predicted octanol–water partition coefficient (Wildman–Crippen LogP) is -0.299. The van der Waals surface area contributed by atoms with E-state index in [4.69, 9.17) is 15.7 Å². The van der Waals surface area contributed by atoms with Crippen molar-refractivity contribution in [1.82, 2.24) is 4.90 Å². The van der Waals surface area contributed by atoms with Gasteiger partial charge in [0, 0.05) is 19.1 Å². The van der Waals surface area contributed by atoms with Crippen molar-refractivity contribution < 1.29 is 9.94 Å². The molecule has 0 amide bonds. The van der Waals surface area contributed by atoms with Crippen molar-refractivity contribution >= 4 is 5.84 Å². The lowest BCUT2D eigenvalue weighted by molar-refractivity contribution is 0.162. The standard InChI is InChI=1S/C9H17N3O2/c10-9(11-13)4-12-2-1-7-5-14-6-8(7)3-12/h7-8,13H,1-6H2,(H2,10,11)/t7-,8+/m0/s1. The SMILES string of the molecule is NC(CN1CC[C@H]2COC[C@H]2C1)=NO. The zero-order valence-electron chi connectivity index (χ0n) is 8.22. The number of nitrogens with two attached hydrogens (primary N) is 1. The molecule has 3 N–H and O–H groups in total. The molecule has 0 spiro atoms. The monoisotopic (exact) mass is 199 g/mol.